The van der Waals surface area contributed by atoms with Gasteiger partial charge in [0.2, 0.25) is 0 Å². The second-order valence-corrected chi connectivity index (χ2v) is 11.1. The summed E-state index contributed by atoms with van der Waals surface area (Å²) in [6.45, 7) is 6.34. The summed E-state index contributed by atoms with van der Waals surface area (Å²) in [6, 6.07) is 6.14. The van der Waals surface area contributed by atoms with Crippen molar-refractivity contribution in [3.8, 4) is 5.75 Å². The molecule has 0 radical (unpaired) electrons. The quantitative estimate of drug-likeness (QED) is 0.129. The van der Waals surface area contributed by atoms with E-state index < -0.39 is 15.6 Å². The molecule has 1 aromatic rings. The maximum atomic E-state index is 11.7. The van der Waals surface area contributed by atoms with Crippen molar-refractivity contribution in [2.75, 3.05) is 0 Å². The standard InChI is InChI=1S/C28H50O4S.Na/c1-4-7-9-11-13-15-17-20-25-22-26(21-18-16-14-12-10-8-5-2)24-27(23-25)32-28(19-6-3)33(29,30)31;/h22-24,28H,4-21H2,1-3H3,(H,29,30,31);/q;+1/p-1. The number of benzene rings is 1. The predicted octanol–water partition coefficient (Wildman–Crippen LogP) is 5.33. The molecule has 0 bridgehead atoms. The molecular formula is C28H49NaO4S. The van der Waals surface area contributed by atoms with Crippen molar-refractivity contribution in [3.05, 3.63) is 29.3 Å². The normalized spacial score (nSPS) is 12.4. The molecule has 0 aromatic heterocycles. The van der Waals surface area contributed by atoms with E-state index in [1.54, 1.807) is 0 Å². The number of hydrogen-bond acceptors (Lipinski definition) is 4. The Morgan fingerprint density at radius 2 is 1.09 bits per heavy atom. The van der Waals surface area contributed by atoms with Gasteiger partial charge in [0.1, 0.15) is 15.9 Å². The maximum absolute atomic E-state index is 11.7. The molecule has 0 N–H and O–H groups in total. The topological polar surface area (TPSA) is 66.4 Å². The van der Waals surface area contributed by atoms with Gasteiger partial charge in [-0.1, -0.05) is 110 Å². The summed E-state index contributed by atoms with van der Waals surface area (Å²) in [7, 11) is -4.49. The van der Waals surface area contributed by atoms with E-state index in [0.717, 1.165) is 25.7 Å². The summed E-state index contributed by atoms with van der Waals surface area (Å²) in [5.74, 6) is 0.534. The Labute approximate surface area is 233 Å². The van der Waals surface area contributed by atoms with E-state index in [-0.39, 0.29) is 36.0 Å². The fourth-order valence-electron chi connectivity index (χ4n) is 4.31. The van der Waals surface area contributed by atoms with Gasteiger partial charge in [-0.25, -0.2) is 8.42 Å². The van der Waals surface area contributed by atoms with Crippen LogP contribution in [0.1, 0.15) is 135 Å². The van der Waals surface area contributed by atoms with Gasteiger partial charge in [0.15, 0.2) is 5.44 Å². The van der Waals surface area contributed by atoms with Crippen LogP contribution in [0.25, 0.3) is 0 Å². The third-order valence-electron chi connectivity index (χ3n) is 6.28. The van der Waals surface area contributed by atoms with E-state index in [9.17, 15) is 13.0 Å². The van der Waals surface area contributed by atoms with Crippen molar-refractivity contribution in [3.63, 3.8) is 0 Å². The summed E-state index contributed by atoms with van der Waals surface area (Å²) in [5.41, 5.74) is 1.08. The van der Waals surface area contributed by atoms with E-state index in [0.29, 0.717) is 12.2 Å². The van der Waals surface area contributed by atoms with Crippen molar-refractivity contribution < 1.29 is 47.3 Å². The van der Waals surface area contributed by atoms with E-state index in [1.807, 2.05) is 19.1 Å². The second kappa shape index (κ2) is 21.1. The molecule has 1 aromatic carbocycles. The van der Waals surface area contributed by atoms with Crippen molar-refractivity contribution in [2.24, 2.45) is 0 Å². The molecule has 1 atom stereocenters. The minimum atomic E-state index is -4.49. The molecule has 0 aliphatic rings. The molecule has 34 heavy (non-hydrogen) atoms. The monoisotopic (exact) mass is 504 g/mol. The average molecular weight is 505 g/mol. The van der Waals surface area contributed by atoms with Crippen molar-refractivity contribution in [1.82, 2.24) is 0 Å². The van der Waals surface area contributed by atoms with Gasteiger partial charge in [0.25, 0.3) is 0 Å². The molecule has 4 nitrogen and oxygen atoms in total. The van der Waals surface area contributed by atoms with Gasteiger partial charge in [-0.2, -0.15) is 0 Å². The van der Waals surface area contributed by atoms with Gasteiger partial charge in [-0.05, 0) is 55.4 Å². The van der Waals surface area contributed by atoms with Crippen molar-refractivity contribution in [2.45, 2.75) is 142 Å². The molecule has 0 spiro atoms. The van der Waals surface area contributed by atoms with Crippen LogP contribution in [0.4, 0.5) is 0 Å². The fraction of sp³-hybridized carbons (Fsp3) is 0.786. The number of ether oxygens (including phenoxy) is 1. The van der Waals surface area contributed by atoms with Crippen molar-refractivity contribution >= 4 is 10.1 Å². The molecular weight excluding hydrogens is 455 g/mol. The largest absolute Gasteiger partial charge is 1.00 e. The first-order valence-corrected chi connectivity index (χ1v) is 15.1. The van der Waals surface area contributed by atoms with Gasteiger partial charge in [-0.15, -0.1) is 0 Å². The zero-order valence-corrected chi connectivity index (χ0v) is 25.4. The summed E-state index contributed by atoms with van der Waals surface area (Å²) >= 11 is 0. The average Bonchev–Trinajstić information content (AvgIpc) is 2.77. The Balaban J connectivity index is 0.0000109. The predicted molar refractivity (Wildman–Crippen MR) is 139 cm³/mol. The van der Waals surface area contributed by atoms with E-state index >= 15 is 0 Å². The Kier molecular flexibility index (Phi) is 21.0. The molecule has 0 aliphatic carbocycles. The molecule has 0 amide bonds. The third-order valence-corrected chi connectivity index (χ3v) is 7.25. The third kappa shape index (κ3) is 16.6. The van der Waals surface area contributed by atoms with Crippen LogP contribution >= 0.6 is 0 Å². The Bertz CT molecular complexity index is 685. The minimum absolute atomic E-state index is 0. The van der Waals surface area contributed by atoms with E-state index in [1.165, 1.54) is 88.2 Å². The molecule has 192 valence electrons. The number of aryl methyl sites for hydroxylation is 2. The van der Waals surface area contributed by atoms with Gasteiger partial charge in [0.05, 0.1) is 0 Å². The summed E-state index contributed by atoms with van der Waals surface area (Å²) in [6.07, 6.45) is 20.4. The summed E-state index contributed by atoms with van der Waals surface area (Å²) < 4.78 is 40.7. The van der Waals surface area contributed by atoms with Crippen molar-refractivity contribution in [1.29, 1.82) is 0 Å². The second-order valence-electron chi connectivity index (χ2n) is 9.56. The first-order valence-electron chi connectivity index (χ1n) is 13.6. The molecule has 0 heterocycles. The molecule has 1 unspecified atom stereocenters. The first kappa shape index (κ1) is 33.9. The van der Waals surface area contributed by atoms with Crippen LogP contribution in [0.2, 0.25) is 0 Å². The van der Waals surface area contributed by atoms with Crippen LogP contribution in [0.5, 0.6) is 5.75 Å². The minimum Gasteiger partial charge on any atom is -0.745 e. The van der Waals surface area contributed by atoms with E-state index in [2.05, 4.69) is 19.9 Å². The Morgan fingerprint density at radius 1 is 0.676 bits per heavy atom. The molecule has 1 rings (SSSR count). The van der Waals surface area contributed by atoms with Crippen LogP contribution in [0.3, 0.4) is 0 Å². The Morgan fingerprint density at radius 3 is 1.47 bits per heavy atom. The van der Waals surface area contributed by atoms with Crippen LogP contribution in [-0.2, 0) is 23.0 Å². The number of hydrogen-bond donors (Lipinski definition) is 0. The first-order chi connectivity index (χ1) is 15.9. The fourth-order valence-corrected chi connectivity index (χ4v) is 5.06. The van der Waals surface area contributed by atoms with E-state index in [4.69, 9.17) is 4.74 Å². The number of unbranched alkanes of at least 4 members (excludes halogenated alkanes) is 12. The van der Waals surface area contributed by atoms with Gasteiger partial charge in [0, 0.05) is 0 Å². The zero-order valence-electron chi connectivity index (χ0n) is 22.6. The van der Waals surface area contributed by atoms with Crippen LogP contribution < -0.4 is 34.3 Å². The summed E-state index contributed by atoms with van der Waals surface area (Å²) in [4.78, 5) is 0. The van der Waals surface area contributed by atoms with Crippen LogP contribution in [-0.4, -0.2) is 18.4 Å². The van der Waals surface area contributed by atoms with Gasteiger partial charge < -0.3 is 9.29 Å². The molecule has 0 aliphatic heterocycles. The maximum Gasteiger partial charge on any atom is 1.00 e. The SMILES string of the molecule is CCCCCCCCCc1cc(CCCCCCCCC)cc(OC(CCC)S(=O)(=O)[O-])c1.[Na+]. The smallest absolute Gasteiger partial charge is 0.745 e. The molecule has 6 heteroatoms. The van der Waals surface area contributed by atoms with Crippen LogP contribution in [0.15, 0.2) is 18.2 Å². The van der Waals surface area contributed by atoms with Crippen LogP contribution in [0, 0.1) is 0 Å². The molecule has 0 saturated heterocycles. The summed E-state index contributed by atoms with van der Waals surface area (Å²) in [5, 5.41) is 0. The van der Waals surface area contributed by atoms with Gasteiger partial charge in [-0.3, -0.25) is 0 Å². The molecule has 0 fully saturated rings. The Hall–Kier alpha value is -0.0700. The van der Waals surface area contributed by atoms with Gasteiger partial charge >= 0.3 is 29.6 Å². The molecule has 0 saturated carbocycles. The zero-order chi connectivity index (χ0) is 24.4. The number of rotatable bonds is 21.